The van der Waals surface area contributed by atoms with E-state index in [1.54, 1.807) is 6.92 Å². The van der Waals surface area contributed by atoms with Gasteiger partial charge in [-0.1, -0.05) is 30.3 Å². The van der Waals surface area contributed by atoms with E-state index < -0.39 is 18.0 Å². The minimum atomic E-state index is -0.866. The van der Waals surface area contributed by atoms with E-state index in [4.69, 9.17) is 9.47 Å². The molecule has 1 aromatic rings. The Labute approximate surface area is 101 Å². The maximum absolute atomic E-state index is 11.6. The summed E-state index contributed by atoms with van der Waals surface area (Å²) in [6.45, 7) is 3.26. The van der Waals surface area contributed by atoms with E-state index in [0.29, 0.717) is 6.42 Å². The summed E-state index contributed by atoms with van der Waals surface area (Å²) in [5.41, 5.74) is 0.923. The third-order valence-electron chi connectivity index (χ3n) is 2.12. The van der Waals surface area contributed by atoms with Gasteiger partial charge < -0.3 is 9.47 Å². The highest BCUT2D eigenvalue weighted by Crippen LogP contribution is 2.08. The number of hydrogen-bond donors (Lipinski definition) is 0. The van der Waals surface area contributed by atoms with E-state index in [2.05, 4.69) is 0 Å². The van der Waals surface area contributed by atoms with Crippen LogP contribution in [0, 0.1) is 0 Å². The molecule has 1 atom stereocenters. The Morgan fingerprint density at radius 2 is 1.88 bits per heavy atom. The van der Waals surface area contributed by atoms with Gasteiger partial charge in [0.2, 0.25) is 6.10 Å². The third kappa shape index (κ3) is 4.68. The van der Waals surface area contributed by atoms with Crippen LogP contribution in [-0.4, -0.2) is 24.6 Å². The molecule has 0 heterocycles. The second-order valence-corrected chi connectivity index (χ2v) is 3.54. The number of esters is 2. The van der Waals surface area contributed by atoms with E-state index in [1.165, 1.54) is 6.92 Å². The molecule has 0 fully saturated rings. The van der Waals surface area contributed by atoms with Crippen molar-refractivity contribution in [3.8, 4) is 0 Å². The lowest BCUT2D eigenvalue weighted by Crippen LogP contribution is -2.30. The summed E-state index contributed by atoms with van der Waals surface area (Å²) in [4.78, 5) is 22.5. The monoisotopic (exact) mass is 236 g/mol. The molecule has 0 bridgehead atoms. The lowest BCUT2D eigenvalue weighted by Gasteiger charge is -2.15. The average Bonchev–Trinajstić information content (AvgIpc) is 2.29. The van der Waals surface area contributed by atoms with Gasteiger partial charge in [0.05, 0.1) is 6.61 Å². The average molecular weight is 236 g/mol. The Morgan fingerprint density at radius 1 is 1.24 bits per heavy atom. The molecule has 0 aliphatic carbocycles. The predicted octanol–water partition coefficient (Wildman–Crippen LogP) is 1.72. The number of hydrogen-bond acceptors (Lipinski definition) is 4. The van der Waals surface area contributed by atoms with Crippen LogP contribution in [0.1, 0.15) is 19.4 Å². The minimum absolute atomic E-state index is 0.269. The number of ether oxygens (including phenoxy) is 2. The molecular weight excluding hydrogens is 220 g/mol. The van der Waals surface area contributed by atoms with E-state index in [1.807, 2.05) is 30.3 Å². The Balaban J connectivity index is 2.70. The van der Waals surface area contributed by atoms with Crippen molar-refractivity contribution in [3.05, 3.63) is 35.9 Å². The molecule has 0 saturated heterocycles. The SMILES string of the molecule is CCOC(=O)C(Cc1ccccc1)OC(C)=O. The molecule has 0 amide bonds. The molecule has 4 heteroatoms. The van der Waals surface area contributed by atoms with Gasteiger partial charge in [-0.2, -0.15) is 0 Å². The molecule has 1 rings (SSSR count). The molecular formula is C13H16O4. The van der Waals surface area contributed by atoms with Crippen LogP contribution in [0.2, 0.25) is 0 Å². The highest BCUT2D eigenvalue weighted by molar-refractivity contribution is 5.78. The number of benzene rings is 1. The van der Waals surface area contributed by atoms with Crippen molar-refractivity contribution in [2.75, 3.05) is 6.61 Å². The summed E-state index contributed by atoms with van der Waals surface area (Å²) in [5.74, 6) is -0.995. The van der Waals surface area contributed by atoms with Gasteiger partial charge in [0.1, 0.15) is 0 Å². The Bertz CT molecular complexity index is 372. The maximum atomic E-state index is 11.6. The van der Waals surface area contributed by atoms with Crippen LogP contribution < -0.4 is 0 Å². The first-order valence-electron chi connectivity index (χ1n) is 5.51. The summed E-state index contributed by atoms with van der Waals surface area (Å²) >= 11 is 0. The van der Waals surface area contributed by atoms with Crippen molar-refractivity contribution >= 4 is 11.9 Å². The molecule has 1 unspecified atom stereocenters. The molecule has 4 nitrogen and oxygen atoms in total. The van der Waals surface area contributed by atoms with Gasteiger partial charge in [-0.3, -0.25) is 4.79 Å². The summed E-state index contributed by atoms with van der Waals surface area (Å²) in [6.07, 6.45) is -0.533. The Kier molecular flexibility index (Phi) is 5.20. The first-order chi connectivity index (χ1) is 8.13. The maximum Gasteiger partial charge on any atom is 0.347 e. The first-order valence-corrected chi connectivity index (χ1v) is 5.51. The quantitative estimate of drug-likeness (QED) is 0.730. The van der Waals surface area contributed by atoms with Crippen LogP contribution >= 0.6 is 0 Å². The predicted molar refractivity (Wildman–Crippen MR) is 62.3 cm³/mol. The molecule has 0 N–H and O–H groups in total. The van der Waals surface area contributed by atoms with Gasteiger partial charge in [0.25, 0.3) is 0 Å². The molecule has 0 aromatic heterocycles. The molecule has 0 radical (unpaired) electrons. The van der Waals surface area contributed by atoms with Gasteiger partial charge in [0.15, 0.2) is 0 Å². The normalized spacial score (nSPS) is 11.6. The molecule has 0 aliphatic heterocycles. The smallest absolute Gasteiger partial charge is 0.347 e. The van der Waals surface area contributed by atoms with E-state index in [-0.39, 0.29) is 6.61 Å². The highest BCUT2D eigenvalue weighted by atomic mass is 16.6. The fraction of sp³-hybridized carbons (Fsp3) is 0.385. The lowest BCUT2D eigenvalue weighted by atomic mass is 10.1. The molecule has 1 aromatic carbocycles. The molecule has 0 saturated carbocycles. The van der Waals surface area contributed by atoms with Crippen molar-refractivity contribution in [2.24, 2.45) is 0 Å². The zero-order valence-electron chi connectivity index (χ0n) is 10.0. The van der Waals surface area contributed by atoms with Gasteiger partial charge >= 0.3 is 11.9 Å². The van der Waals surface area contributed by atoms with Crippen molar-refractivity contribution in [3.63, 3.8) is 0 Å². The van der Waals surface area contributed by atoms with Crippen LogP contribution in [0.4, 0.5) is 0 Å². The van der Waals surface area contributed by atoms with Crippen LogP contribution in [0.5, 0.6) is 0 Å². The minimum Gasteiger partial charge on any atom is -0.463 e. The number of carbonyl (C=O) groups is 2. The van der Waals surface area contributed by atoms with E-state index in [9.17, 15) is 9.59 Å². The third-order valence-corrected chi connectivity index (χ3v) is 2.12. The van der Waals surface area contributed by atoms with Crippen LogP contribution in [0.15, 0.2) is 30.3 Å². The van der Waals surface area contributed by atoms with Crippen LogP contribution in [-0.2, 0) is 25.5 Å². The van der Waals surface area contributed by atoms with Crippen molar-refractivity contribution < 1.29 is 19.1 Å². The van der Waals surface area contributed by atoms with Crippen LogP contribution in [0.25, 0.3) is 0 Å². The number of rotatable bonds is 5. The molecule has 92 valence electrons. The zero-order chi connectivity index (χ0) is 12.7. The van der Waals surface area contributed by atoms with Crippen molar-refractivity contribution in [1.29, 1.82) is 0 Å². The summed E-state index contributed by atoms with van der Waals surface area (Å²) in [7, 11) is 0. The zero-order valence-corrected chi connectivity index (χ0v) is 10.0. The van der Waals surface area contributed by atoms with Crippen molar-refractivity contribution in [1.82, 2.24) is 0 Å². The summed E-state index contributed by atoms with van der Waals surface area (Å²) < 4.78 is 9.82. The largest absolute Gasteiger partial charge is 0.463 e. The summed E-state index contributed by atoms with van der Waals surface area (Å²) in [5, 5.41) is 0. The second-order valence-electron chi connectivity index (χ2n) is 3.54. The highest BCUT2D eigenvalue weighted by Gasteiger charge is 2.23. The van der Waals surface area contributed by atoms with E-state index >= 15 is 0 Å². The summed E-state index contributed by atoms with van der Waals surface area (Å²) in [6, 6.07) is 9.36. The topological polar surface area (TPSA) is 52.6 Å². The lowest BCUT2D eigenvalue weighted by molar-refractivity contribution is -0.166. The fourth-order valence-corrected chi connectivity index (χ4v) is 1.44. The van der Waals surface area contributed by atoms with Crippen molar-refractivity contribution in [2.45, 2.75) is 26.4 Å². The van der Waals surface area contributed by atoms with Gasteiger partial charge in [0, 0.05) is 13.3 Å². The molecule has 0 aliphatic rings. The Hall–Kier alpha value is -1.84. The van der Waals surface area contributed by atoms with Gasteiger partial charge in [-0.25, -0.2) is 4.79 Å². The van der Waals surface area contributed by atoms with Gasteiger partial charge in [-0.15, -0.1) is 0 Å². The second kappa shape index (κ2) is 6.68. The Morgan fingerprint density at radius 3 is 2.41 bits per heavy atom. The molecule has 0 spiro atoms. The van der Waals surface area contributed by atoms with E-state index in [0.717, 1.165) is 5.56 Å². The standard InChI is InChI=1S/C13H16O4/c1-3-16-13(15)12(17-10(2)14)9-11-7-5-4-6-8-11/h4-8,12H,3,9H2,1-2H3. The van der Waals surface area contributed by atoms with Gasteiger partial charge in [-0.05, 0) is 12.5 Å². The fourth-order valence-electron chi connectivity index (χ4n) is 1.44. The first kappa shape index (κ1) is 13.2. The van der Waals surface area contributed by atoms with Crippen LogP contribution in [0.3, 0.4) is 0 Å². The molecule has 17 heavy (non-hydrogen) atoms. The number of carbonyl (C=O) groups excluding carboxylic acids is 2.